The van der Waals surface area contributed by atoms with Crippen LogP contribution in [-0.2, 0) is 15.7 Å². The van der Waals surface area contributed by atoms with Crippen molar-refractivity contribution in [1.82, 2.24) is 4.98 Å². The summed E-state index contributed by atoms with van der Waals surface area (Å²) in [5, 5.41) is 0. The summed E-state index contributed by atoms with van der Waals surface area (Å²) in [4.78, 5) is 15.1. The summed E-state index contributed by atoms with van der Waals surface area (Å²) < 4.78 is 17.0. The molecule has 2 heterocycles. The summed E-state index contributed by atoms with van der Waals surface area (Å²) in [6.45, 7) is 9.88. The minimum atomic E-state index is -0.863. The van der Waals surface area contributed by atoms with Crippen molar-refractivity contribution in [2.75, 3.05) is 0 Å². The number of hydrogen-bond donors (Lipinski definition) is 1. The minimum Gasteiger partial charge on any atom is -0.409 e. The van der Waals surface area contributed by atoms with Crippen LogP contribution in [0.5, 0.6) is 5.75 Å². The molecule has 1 aliphatic heterocycles. The van der Waals surface area contributed by atoms with Crippen molar-refractivity contribution < 1.29 is 18.8 Å². The summed E-state index contributed by atoms with van der Waals surface area (Å²) in [6.07, 6.45) is 2.93. The highest BCUT2D eigenvalue weighted by Gasteiger charge is 2.52. The van der Waals surface area contributed by atoms with Gasteiger partial charge in [0.1, 0.15) is 0 Å². The number of primary amides is 1. The molecule has 0 radical (unpaired) electrons. The molecule has 0 saturated carbocycles. The Morgan fingerprint density at radius 3 is 2.33 bits per heavy atom. The topological polar surface area (TPSA) is 83.7 Å². The Hall–Kier alpha value is -1.60. The molecular formula is C14H21BN2O4. The van der Waals surface area contributed by atoms with Crippen LogP contribution < -0.4 is 15.9 Å². The van der Waals surface area contributed by atoms with E-state index in [1.807, 2.05) is 34.6 Å². The van der Waals surface area contributed by atoms with Gasteiger partial charge in [0, 0.05) is 11.7 Å². The Kier molecular flexibility index (Phi) is 3.99. The maximum absolute atomic E-state index is 11.0. The van der Waals surface area contributed by atoms with Gasteiger partial charge in [-0.2, -0.15) is 0 Å². The third kappa shape index (κ3) is 2.89. The first-order valence-electron chi connectivity index (χ1n) is 6.97. The van der Waals surface area contributed by atoms with Gasteiger partial charge in [0.05, 0.1) is 17.4 Å². The van der Waals surface area contributed by atoms with Gasteiger partial charge in [0.2, 0.25) is 0 Å². The van der Waals surface area contributed by atoms with Gasteiger partial charge in [-0.15, -0.1) is 0 Å². The highest BCUT2D eigenvalue weighted by atomic mass is 16.7. The third-order valence-electron chi connectivity index (χ3n) is 4.12. The van der Waals surface area contributed by atoms with Crippen LogP contribution >= 0.6 is 0 Å². The molecule has 21 heavy (non-hydrogen) atoms. The van der Waals surface area contributed by atoms with Crippen LogP contribution in [0.25, 0.3) is 0 Å². The van der Waals surface area contributed by atoms with Gasteiger partial charge in [-0.3, -0.25) is 4.98 Å². The maximum Gasteiger partial charge on any atom is 0.496 e. The molecule has 1 amide bonds. The lowest BCUT2D eigenvalue weighted by Gasteiger charge is -2.32. The number of rotatable bonds is 3. The number of pyridine rings is 1. The second-order valence-electron chi connectivity index (χ2n) is 6.07. The van der Waals surface area contributed by atoms with Crippen molar-refractivity contribution in [1.29, 1.82) is 0 Å². The number of hydrogen-bond acceptors (Lipinski definition) is 5. The van der Waals surface area contributed by atoms with Gasteiger partial charge < -0.3 is 19.8 Å². The van der Waals surface area contributed by atoms with Gasteiger partial charge in [0.25, 0.3) is 0 Å². The zero-order valence-electron chi connectivity index (χ0n) is 13.1. The number of carbonyl (C=O) groups excluding carboxylic acids is 1. The van der Waals surface area contributed by atoms with E-state index in [-0.39, 0.29) is 0 Å². The highest BCUT2D eigenvalue weighted by Crippen LogP contribution is 2.37. The Morgan fingerprint density at radius 2 is 1.86 bits per heavy atom. The van der Waals surface area contributed by atoms with Crippen molar-refractivity contribution in [2.45, 2.75) is 52.2 Å². The molecule has 2 N–H and O–H groups in total. The van der Waals surface area contributed by atoms with Gasteiger partial charge in [-0.05, 0) is 39.7 Å². The van der Waals surface area contributed by atoms with E-state index < -0.39 is 24.4 Å². The lowest BCUT2D eigenvalue weighted by molar-refractivity contribution is 0.00578. The Balaban J connectivity index is 2.39. The normalized spacial score (nSPS) is 19.6. The van der Waals surface area contributed by atoms with E-state index in [0.717, 1.165) is 11.0 Å². The minimum absolute atomic E-state index is 0.345. The van der Waals surface area contributed by atoms with Gasteiger partial charge in [-0.25, -0.2) is 4.79 Å². The zero-order chi connectivity index (χ0) is 15.8. The van der Waals surface area contributed by atoms with Crippen LogP contribution in [-0.4, -0.2) is 29.4 Å². The molecule has 1 aliphatic rings. The van der Waals surface area contributed by atoms with Gasteiger partial charge in [-0.1, -0.05) is 6.92 Å². The molecule has 1 aromatic heterocycles. The molecule has 0 aliphatic carbocycles. The zero-order valence-corrected chi connectivity index (χ0v) is 13.1. The number of nitrogens with two attached hydrogens (primary N) is 1. The SMILES string of the molecule is CCc1c(OC(N)=O)cncc1B1OC(C)(C)C(C)(C)O1. The highest BCUT2D eigenvalue weighted by molar-refractivity contribution is 6.62. The fourth-order valence-corrected chi connectivity index (χ4v) is 2.23. The van der Waals surface area contributed by atoms with Crippen molar-refractivity contribution in [3.63, 3.8) is 0 Å². The van der Waals surface area contributed by atoms with Crippen LogP contribution in [0.4, 0.5) is 4.79 Å². The molecule has 114 valence electrons. The van der Waals surface area contributed by atoms with Crippen LogP contribution in [0.15, 0.2) is 12.4 Å². The van der Waals surface area contributed by atoms with Crippen molar-refractivity contribution in [3.05, 3.63) is 18.0 Å². The van der Waals surface area contributed by atoms with Gasteiger partial charge >= 0.3 is 13.2 Å². The second kappa shape index (κ2) is 5.31. The largest absolute Gasteiger partial charge is 0.496 e. The van der Waals surface area contributed by atoms with E-state index in [1.165, 1.54) is 6.20 Å². The molecule has 0 unspecified atom stereocenters. The molecule has 1 fully saturated rings. The Bertz CT molecular complexity index is 544. The molecule has 0 bridgehead atoms. The lowest BCUT2D eigenvalue weighted by atomic mass is 9.76. The molecule has 0 aromatic carbocycles. The standard InChI is InChI=1S/C14H21BN2O4/c1-6-9-10(7-17-8-11(9)19-12(16)18)15-20-13(2,3)14(4,5)21-15/h7-8H,6H2,1-5H3,(H2,16,18). The fourth-order valence-electron chi connectivity index (χ4n) is 2.23. The van der Waals surface area contributed by atoms with Gasteiger partial charge in [0.15, 0.2) is 5.75 Å². The van der Waals surface area contributed by atoms with Crippen LogP contribution in [0.3, 0.4) is 0 Å². The monoisotopic (exact) mass is 292 g/mol. The number of amides is 1. The number of aromatic nitrogens is 1. The number of carbonyl (C=O) groups is 1. The van der Waals surface area contributed by atoms with E-state index in [4.69, 9.17) is 19.8 Å². The first-order chi connectivity index (χ1) is 9.68. The predicted molar refractivity (Wildman–Crippen MR) is 79.5 cm³/mol. The molecule has 2 rings (SSSR count). The number of nitrogens with zero attached hydrogens (tertiary/aromatic N) is 1. The Morgan fingerprint density at radius 1 is 1.29 bits per heavy atom. The first kappa shape index (κ1) is 15.8. The Labute approximate surface area is 125 Å². The van der Waals surface area contributed by atoms with Crippen molar-refractivity contribution >= 4 is 18.7 Å². The maximum atomic E-state index is 11.0. The molecule has 1 aromatic rings. The van der Waals surface area contributed by atoms with Crippen molar-refractivity contribution in [2.24, 2.45) is 5.73 Å². The van der Waals surface area contributed by atoms with E-state index in [9.17, 15) is 4.79 Å². The van der Waals surface area contributed by atoms with Crippen LogP contribution in [0, 0.1) is 0 Å². The average molecular weight is 292 g/mol. The van der Waals surface area contributed by atoms with E-state index in [2.05, 4.69) is 4.98 Å². The van der Waals surface area contributed by atoms with Crippen LogP contribution in [0.1, 0.15) is 40.2 Å². The average Bonchev–Trinajstić information content (AvgIpc) is 2.57. The quantitative estimate of drug-likeness (QED) is 0.851. The predicted octanol–water partition coefficient (Wildman–Crippen LogP) is 1.40. The third-order valence-corrected chi connectivity index (χ3v) is 4.12. The molecule has 1 saturated heterocycles. The van der Waals surface area contributed by atoms with E-state index >= 15 is 0 Å². The number of ether oxygens (including phenoxy) is 1. The lowest BCUT2D eigenvalue weighted by Crippen LogP contribution is -2.41. The first-order valence-corrected chi connectivity index (χ1v) is 6.97. The summed E-state index contributed by atoms with van der Waals surface area (Å²) >= 11 is 0. The molecule has 0 atom stereocenters. The smallest absolute Gasteiger partial charge is 0.409 e. The van der Waals surface area contributed by atoms with E-state index in [0.29, 0.717) is 12.2 Å². The summed E-state index contributed by atoms with van der Waals surface area (Å²) in [5.74, 6) is 0.345. The van der Waals surface area contributed by atoms with Crippen LogP contribution in [0.2, 0.25) is 0 Å². The summed E-state index contributed by atoms with van der Waals surface area (Å²) in [5.41, 5.74) is 5.77. The molecule has 0 spiro atoms. The molecule has 6 nitrogen and oxygen atoms in total. The fraction of sp³-hybridized carbons (Fsp3) is 0.571. The van der Waals surface area contributed by atoms with Crippen molar-refractivity contribution in [3.8, 4) is 5.75 Å². The molecular weight excluding hydrogens is 271 g/mol. The molecule has 7 heteroatoms. The summed E-state index contributed by atoms with van der Waals surface area (Å²) in [6, 6.07) is 0. The summed E-state index contributed by atoms with van der Waals surface area (Å²) in [7, 11) is -0.547. The second-order valence-corrected chi connectivity index (χ2v) is 6.07. The van der Waals surface area contributed by atoms with E-state index in [1.54, 1.807) is 6.20 Å².